The standard InChI is InChI=1S/C24H25N3O4S/c1-13-5-6-14(2)19(9-13)25-23(29)18-7-8-20-21(18)26-24(32-20)27-22(28)15-10-16(30-3)12-17(11-15)31-4/h5-6,9-12,18H,7-8H2,1-4H3,(H,25,29)(H,26,27,28). The van der Waals surface area contributed by atoms with Crippen LogP contribution in [0.15, 0.2) is 36.4 Å². The van der Waals surface area contributed by atoms with Crippen molar-refractivity contribution in [2.45, 2.75) is 32.6 Å². The molecule has 1 aliphatic carbocycles. The smallest absolute Gasteiger partial charge is 0.257 e. The second-order valence-corrected chi connectivity index (χ2v) is 8.87. The first-order chi connectivity index (χ1) is 15.4. The van der Waals surface area contributed by atoms with E-state index >= 15 is 0 Å². The van der Waals surface area contributed by atoms with E-state index in [1.54, 1.807) is 18.2 Å². The molecule has 2 aromatic carbocycles. The van der Waals surface area contributed by atoms with E-state index in [4.69, 9.17) is 9.47 Å². The zero-order valence-electron chi connectivity index (χ0n) is 18.4. The fourth-order valence-electron chi connectivity index (χ4n) is 3.73. The molecular formula is C24H25N3O4S. The van der Waals surface area contributed by atoms with Crippen LogP contribution in [-0.2, 0) is 11.2 Å². The highest BCUT2D eigenvalue weighted by Gasteiger charge is 2.33. The molecule has 7 nitrogen and oxygen atoms in total. The van der Waals surface area contributed by atoms with Gasteiger partial charge in [-0.15, -0.1) is 11.3 Å². The van der Waals surface area contributed by atoms with E-state index in [1.807, 2.05) is 32.0 Å². The van der Waals surface area contributed by atoms with Crippen LogP contribution in [0.2, 0.25) is 0 Å². The summed E-state index contributed by atoms with van der Waals surface area (Å²) in [6, 6.07) is 11.0. The lowest BCUT2D eigenvalue weighted by Crippen LogP contribution is -2.20. The van der Waals surface area contributed by atoms with E-state index in [9.17, 15) is 9.59 Å². The molecule has 1 unspecified atom stereocenters. The molecule has 1 heterocycles. The van der Waals surface area contributed by atoms with Crippen LogP contribution in [0.5, 0.6) is 11.5 Å². The van der Waals surface area contributed by atoms with Gasteiger partial charge in [-0.05, 0) is 56.0 Å². The highest BCUT2D eigenvalue weighted by atomic mass is 32.1. The van der Waals surface area contributed by atoms with Crippen LogP contribution in [0.1, 0.15) is 44.4 Å². The number of aromatic nitrogens is 1. The first-order valence-electron chi connectivity index (χ1n) is 10.3. The van der Waals surface area contributed by atoms with Crippen molar-refractivity contribution in [3.05, 3.63) is 63.7 Å². The fourth-order valence-corrected chi connectivity index (χ4v) is 4.77. The Morgan fingerprint density at radius 1 is 1.03 bits per heavy atom. The Balaban J connectivity index is 1.50. The first kappa shape index (κ1) is 21.8. The summed E-state index contributed by atoms with van der Waals surface area (Å²) in [5, 5.41) is 6.37. The van der Waals surface area contributed by atoms with Gasteiger partial charge < -0.3 is 14.8 Å². The second kappa shape index (κ2) is 9.00. The summed E-state index contributed by atoms with van der Waals surface area (Å²) in [6.45, 7) is 3.97. The number of aryl methyl sites for hydroxylation is 3. The van der Waals surface area contributed by atoms with Gasteiger partial charge in [0, 0.05) is 22.2 Å². The number of carbonyl (C=O) groups is 2. The predicted molar refractivity (Wildman–Crippen MR) is 125 cm³/mol. The molecule has 0 bridgehead atoms. The van der Waals surface area contributed by atoms with Crippen molar-refractivity contribution in [3.63, 3.8) is 0 Å². The maximum Gasteiger partial charge on any atom is 0.257 e. The maximum atomic E-state index is 13.0. The number of anilines is 2. The maximum absolute atomic E-state index is 13.0. The number of rotatable bonds is 6. The summed E-state index contributed by atoms with van der Waals surface area (Å²) in [4.78, 5) is 31.4. The Morgan fingerprint density at radius 3 is 2.44 bits per heavy atom. The summed E-state index contributed by atoms with van der Waals surface area (Å²) >= 11 is 1.41. The molecule has 1 atom stereocenters. The number of nitrogens with one attached hydrogen (secondary N) is 2. The van der Waals surface area contributed by atoms with E-state index in [-0.39, 0.29) is 17.7 Å². The summed E-state index contributed by atoms with van der Waals surface area (Å²) < 4.78 is 10.5. The lowest BCUT2D eigenvalue weighted by molar-refractivity contribution is -0.117. The molecule has 0 saturated heterocycles. The van der Waals surface area contributed by atoms with Gasteiger partial charge in [0.15, 0.2) is 5.13 Å². The van der Waals surface area contributed by atoms with Gasteiger partial charge in [0.05, 0.1) is 25.8 Å². The predicted octanol–water partition coefficient (Wildman–Crippen LogP) is 4.70. The summed E-state index contributed by atoms with van der Waals surface area (Å²) in [7, 11) is 3.07. The minimum atomic E-state index is -0.330. The SMILES string of the molecule is COc1cc(OC)cc(C(=O)Nc2nc3c(s2)CCC3C(=O)Nc2cc(C)ccc2C)c1. The Labute approximate surface area is 190 Å². The van der Waals surface area contributed by atoms with Gasteiger partial charge in [0.1, 0.15) is 11.5 Å². The molecule has 2 N–H and O–H groups in total. The molecule has 0 spiro atoms. The molecule has 1 aromatic heterocycles. The third-order valence-electron chi connectivity index (χ3n) is 5.52. The summed E-state index contributed by atoms with van der Waals surface area (Å²) in [5.74, 6) is 0.339. The third kappa shape index (κ3) is 4.45. The van der Waals surface area contributed by atoms with Crippen molar-refractivity contribution in [1.29, 1.82) is 0 Å². The molecule has 2 amide bonds. The molecule has 3 aromatic rings. The van der Waals surface area contributed by atoms with Gasteiger partial charge in [0.25, 0.3) is 5.91 Å². The summed E-state index contributed by atoms with van der Waals surface area (Å²) in [6.07, 6.45) is 1.48. The van der Waals surface area contributed by atoms with Crippen LogP contribution in [0.4, 0.5) is 10.8 Å². The van der Waals surface area contributed by atoms with Gasteiger partial charge in [-0.3, -0.25) is 14.9 Å². The molecule has 0 radical (unpaired) electrons. The number of thiazole rings is 1. The van der Waals surface area contributed by atoms with Gasteiger partial charge in [0.2, 0.25) is 5.91 Å². The number of benzene rings is 2. The number of amides is 2. The Morgan fingerprint density at radius 2 is 1.75 bits per heavy atom. The van der Waals surface area contributed by atoms with Crippen molar-refractivity contribution in [2.75, 3.05) is 24.9 Å². The molecule has 8 heteroatoms. The van der Waals surface area contributed by atoms with Crippen molar-refractivity contribution in [2.24, 2.45) is 0 Å². The monoisotopic (exact) mass is 451 g/mol. The number of ether oxygens (including phenoxy) is 2. The topological polar surface area (TPSA) is 89.6 Å². The van der Waals surface area contributed by atoms with E-state index < -0.39 is 0 Å². The number of methoxy groups -OCH3 is 2. The van der Waals surface area contributed by atoms with Crippen LogP contribution >= 0.6 is 11.3 Å². The number of fused-ring (bicyclic) bond motifs is 1. The minimum Gasteiger partial charge on any atom is -0.497 e. The molecular weight excluding hydrogens is 426 g/mol. The second-order valence-electron chi connectivity index (χ2n) is 7.78. The number of carbonyl (C=O) groups excluding carboxylic acids is 2. The molecule has 0 aliphatic heterocycles. The Kier molecular flexibility index (Phi) is 6.14. The molecule has 0 fully saturated rings. The molecule has 0 saturated carbocycles. The minimum absolute atomic E-state index is 0.0711. The molecule has 166 valence electrons. The van der Waals surface area contributed by atoms with E-state index in [2.05, 4.69) is 15.6 Å². The van der Waals surface area contributed by atoms with Gasteiger partial charge in [-0.25, -0.2) is 4.98 Å². The number of hydrogen-bond acceptors (Lipinski definition) is 6. The van der Waals surface area contributed by atoms with Crippen LogP contribution in [0.3, 0.4) is 0 Å². The lowest BCUT2D eigenvalue weighted by atomic mass is 10.1. The zero-order chi connectivity index (χ0) is 22.8. The van der Waals surface area contributed by atoms with Gasteiger partial charge in [-0.1, -0.05) is 12.1 Å². The molecule has 1 aliphatic rings. The van der Waals surface area contributed by atoms with E-state index in [0.29, 0.717) is 28.6 Å². The average Bonchev–Trinajstić information content (AvgIpc) is 3.35. The van der Waals surface area contributed by atoms with Crippen LogP contribution < -0.4 is 20.1 Å². The zero-order valence-corrected chi connectivity index (χ0v) is 19.3. The third-order valence-corrected chi connectivity index (χ3v) is 6.57. The number of hydrogen-bond donors (Lipinski definition) is 2. The number of nitrogens with zero attached hydrogens (tertiary/aromatic N) is 1. The van der Waals surface area contributed by atoms with Crippen molar-refractivity contribution in [3.8, 4) is 11.5 Å². The first-order valence-corrected chi connectivity index (χ1v) is 11.1. The normalized spacial score (nSPS) is 14.6. The van der Waals surface area contributed by atoms with Gasteiger partial charge in [-0.2, -0.15) is 0 Å². The fraction of sp³-hybridized carbons (Fsp3) is 0.292. The van der Waals surface area contributed by atoms with Crippen LogP contribution in [0.25, 0.3) is 0 Å². The van der Waals surface area contributed by atoms with E-state index in [1.165, 1.54) is 25.6 Å². The molecule has 4 rings (SSSR count). The highest BCUT2D eigenvalue weighted by molar-refractivity contribution is 7.16. The van der Waals surface area contributed by atoms with Crippen LogP contribution in [-0.4, -0.2) is 31.0 Å². The van der Waals surface area contributed by atoms with E-state index in [0.717, 1.165) is 33.8 Å². The lowest BCUT2D eigenvalue weighted by Gasteiger charge is -2.13. The quantitative estimate of drug-likeness (QED) is 0.567. The Bertz CT molecular complexity index is 1170. The van der Waals surface area contributed by atoms with Crippen molar-refractivity contribution in [1.82, 2.24) is 4.98 Å². The molecule has 32 heavy (non-hydrogen) atoms. The average molecular weight is 452 g/mol. The summed E-state index contributed by atoms with van der Waals surface area (Å²) in [5.41, 5.74) is 4.07. The van der Waals surface area contributed by atoms with Crippen molar-refractivity contribution >= 4 is 34.0 Å². The Hall–Kier alpha value is -3.39. The van der Waals surface area contributed by atoms with Crippen molar-refractivity contribution < 1.29 is 19.1 Å². The highest BCUT2D eigenvalue weighted by Crippen LogP contribution is 2.39. The largest absolute Gasteiger partial charge is 0.497 e. The van der Waals surface area contributed by atoms with Gasteiger partial charge >= 0.3 is 0 Å². The van der Waals surface area contributed by atoms with Crippen LogP contribution in [0, 0.1) is 13.8 Å².